The molecule has 0 radical (unpaired) electrons. The van der Waals surface area contributed by atoms with E-state index in [4.69, 9.17) is 5.73 Å². The first-order valence-electron chi connectivity index (χ1n) is 6.17. The van der Waals surface area contributed by atoms with Crippen LogP contribution in [0.4, 0.5) is 5.69 Å². The van der Waals surface area contributed by atoms with Gasteiger partial charge in [0, 0.05) is 12.7 Å². The molecule has 0 saturated heterocycles. The predicted octanol–water partition coefficient (Wildman–Crippen LogP) is 1.30. The smallest absolute Gasteiger partial charge is 0.193 e. The van der Waals surface area contributed by atoms with E-state index < -0.39 is 0 Å². The Kier molecular flexibility index (Phi) is 4.12. The molecule has 0 aliphatic carbocycles. The fourth-order valence-corrected chi connectivity index (χ4v) is 1.62. The molecular formula is C13H18N6. The van der Waals surface area contributed by atoms with Crippen LogP contribution in [0.1, 0.15) is 18.3 Å². The number of benzene rings is 1. The molecule has 3 N–H and O–H groups in total. The third-order valence-corrected chi connectivity index (χ3v) is 2.83. The van der Waals surface area contributed by atoms with E-state index in [0.717, 1.165) is 17.9 Å². The fraction of sp³-hybridized carbons (Fsp3) is 0.308. The van der Waals surface area contributed by atoms with Crippen LogP contribution in [0.3, 0.4) is 0 Å². The second-order valence-corrected chi connectivity index (χ2v) is 4.24. The van der Waals surface area contributed by atoms with Gasteiger partial charge < -0.3 is 15.6 Å². The second-order valence-electron chi connectivity index (χ2n) is 4.24. The number of aromatic nitrogens is 3. The molecular weight excluding hydrogens is 240 g/mol. The average molecular weight is 258 g/mol. The molecule has 2 rings (SSSR count). The van der Waals surface area contributed by atoms with Gasteiger partial charge >= 0.3 is 0 Å². The third-order valence-electron chi connectivity index (χ3n) is 2.83. The summed E-state index contributed by atoms with van der Waals surface area (Å²) in [4.78, 5) is 4.23. The molecule has 1 heterocycles. The Labute approximate surface area is 112 Å². The highest BCUT2D eigenvalue weighted by atomic mass is 15.3. The Morgan fingerprint density at radius 3 is 2.68 bits per heavy atom. The quantitative estimate of drug-likeness (QED) is 0.640. The Balaban J connectivity index is 1.96. The molecule has 0 spiro atoms. The van der Waals surface area contributed by atoms with Gasteiger partial charge in [-0.1, -0.05) is 19.1 Å². The maximum absolute atomic E-state index is 5.82. The van der Waals surface area contributed by atoms with Crippen LogP contribution >= 0.6 is 0 Å². The Morgan fingerprint density at radius 2 is 2.11 bits per heavy atom. The molecule has 0 aliphatic rings. The van der Waals surface area contributed by atoms with Gasteiger partial charge in [-0.15, -0.1) is 10.2 Å². The number of guanidine groups is 1. The van der Waals surface area contributed by atoms with Crippen molar-refractivity contribution in [2.24, 2.45) is 17.8 Å². The van der Waals surface area contributed by atoms with Crippen molar-refractivity contribution in [1.29, 1.82) is 0 Å². The summed E-state index contributed by atoms with van der Waals surface area (Å²) in [6.07, 6.45) is 2.66. The summed E-state index contributed by atoms with van der Waals surface area (Å²) in [5.41, 5.74) is 8.04. The number of nitrogens with zero attached hydrogens (tertiary/aromatic N) is 4. The largest absolute Gasteiger partial charge is 0.370 e. The van der Waals surface area contributed by atoms with E-state index in [1.165, 1.54) is 5.56 Å². The van der Waals surface area contributed by atoms with Gasteiger partial charge in [0.05, 0.1) is 0 Å². The molecule has 0 saturated carbocycles. The van der Waals surface area contributed by atoms with Gasteiger partial charge in [-0.3, -0.25) is 0 Å². The molecule has 100 valence electrons. The highest BCUT2D eigenvalue weighted by Crippen LogP contribution is 2.09. The Hall–Kier alpha value is -2.37. The first kappa shape index (κ1) is 13.1. The van der Waals surface area contributed by atoms with Gasteiger partial charge in [0.15, 0.2) is 11.8 Å². The molecule has 2 aromatic rings. The molecule has 0 atom stereocenters. The van der Waals surface area contributed by atoms with Crippen LogP contribution < -0.4 is 11.1 Å². The zero-order valence-corrected chi connectivity index (χ0v) is 11.2. The number of rotatable bonds is 4. The number of nitrogens with one attached hydrogen (secondary N) is 1. The molecule has 0 amide bonds. The molecule has 1 aromatic heterocycles. The number of hydrogen-bond acceptors (Lipinski definition) is 3. The van der Waals surface area contributed by atoms with E-state index >= 15 is 0 Å². The van der Waals surface area contributed by atoms with Gasteiger partial charge in [0.25, 0.3) is 0 Å². The SMILES string of the molecule is CCc1ccc(NC(N)=NCc2nncn2C)cc1. The second kappa shape index (κ2) is 5.99. The van der Waals surface area contributed by atoms with Gasteiger partial charge in [-0.2, -0.15) is 0 Å². The van der Waals surface area contributed by atoms with E-state index in [-0.39, 0.29) is 0 Å². The lowest BCUT2D eigenvalue weighted by molar-refractivity contribution is 0.792. The van der Waals surface area contributed by atoms with E-state index in [0.29, 0.717) is 12.5 Å². The first-order chi connectivity index (χ1) is 9.19. The first-order valence-corrected chi connectivity index (χ1v) is 6.17. The van der Waals surface area contributed by atoms with Crippen LogP contribution in [0.25, 0.3) is 0 Å². The van der Waals surface area contributed by atoms with Crippen molar-refractivity contribution in [3.63, 3.8) is 0 Å². The summed E-state index contributed by atoms with van der Waals surface area (Å²) in [5, 5.41) is 10.8. The molecule has 6 heteroatoms. The van der Waals surface area contributed by atoms with Crippen LogP contribution in [0.2, 0.25) is 0 Å². The number of hydrogen-bond donors (Lipinski definition) is 2. The zero-order chi connectivity index (χ0) is 13.7. The summed E-state index contributed by atoms with van der Waals surface area (Å²) in [5.74, 6) is 1.14. The van der Waals surface area contributed by atoms with Gasteiger partial charge in [0.2, 0.25) is 0 Å². The monoisotopic (exact) mass is 258 g/mol. The number of aliphatic imine (C=N–C) groups is 1. The van der Waals surface area contributed by atoms with Crippen molar-refractivity contribution in [2.75, 3.05) is 5.32 Å². The lowest BCUT2D eigenvalue weighted by atomic mass is 10.1. The van der Waals surface area contributed by atoms with Gasteiger partial charge in [-0.25, -0.2) is 4.99 Å². The molecule has 0 fully saturated rings. The predicted molar refractivity (Wildman–Crippen MR) is 75.8 cm³/mol. The summed E-state index contributed by atoms with van der Waals surface area (Å²) in [6, 6.07) is 8.11. The molecule has 6 nitrogen and oxygen atoms in total. The minimum absolute atomic E-state index is 0.368. The van der Waals surface area contributed by atoms with E-state index in [1.54, 1.807) is 6.33 Å². The highest BCUT2D eigenvalue weighted by molar-refractivity contribution is 5.92. The van der Waals surface area contributed by atoms with Crippen molar-refractivity contribution in [3.8, 4) is 0 Å². The summed E-state index contributed by atoms with van der Waals surface area (Å²) in [7, 11) is 1.87. The average Bonchev–Trinajstić information content (AvgIpc) is 2.83. The zero-order valence-electron chi connectivity index (χ0n) is 11.2. The van der Waals surface area contributed by atoms with Crippen LogP contribution in [0.5, 0.6) is 0 Å². The maximum atomic E-state index is 5.82. The van der Waals surface area contributed by atoms with Crippen molar-refractivity contribution in [3.05, 3.63) is 42.0 Å². The normalized spacial score (nSPS) is 11.6. The van der Waals surface area contributed by atoms with Gasteiger partial charge in [-0.05, 0) is 24.1 Å². The Morgan fingerprint density at radius 1 is 1.37 bits per heavy atom. The van der Waals surface area contributed by atoms with E-state index in [1.807, 2.05) is 23.7 Å². The van der Waals surface area contributed by atoms with Crippen molar-refractivity contribution >= 4 is 11.6 Å². The van der Waals surface area contributed by atoms with Crippen molar-refractivity contribution < 1.29 is 0 Å². The van der Waals surface area contributed by atoms with Gasteiger partial charge in [0.1, 0.15) is 12.9 Å². The lowest BCUT2D eigenvalue weighted by Gasteiger charge is -2.06. The number of anilines is 1. The number of aryl methyl sites for hydroxylation is 2. The Bertz CT molecular complexity index is 555. The van der Waals surface area contributed by atoms with E-state index in [9.17, 15) is 0 Å². The molecule has 0 aliphatic heterocycles. The number of nitrogens with two attached hydrogens (primary N) is 1. The molecule has 1 aromatic carbocycles. The molecule has 0 bridgehead atoms. The minimum atomic E-state index is 0.368. The van der Waals surface area contributed by atoms with Crippen molar-refractivity contribution in [2.45, 2.75) is 19.9 Å². The van der Waals surface area contributed by atoms with Crippen LogP contribution in [-0.2, 0) is 20.0 Å². The molecule has 19 heavy (non-hydrogen) atoms. The van der Waals surface area contributed by atoms with E-state index in [2.05, 4.69) is 39.6 Å². The minimum Gasteiger partial charge on any atom is -0.370 e. The maximum Gasteiger partial charge on any atom is 0.193 e. The van der Waals surface area contributed by atoms with Crippen molar-refractivity contribution in [1.82, 2.24) is 14.8 Å². The van der Waals surface area contributed by atoms with Crippen LogP contribution in [0, 0.1) is 0 Å². The standard InChI is InChI=1S/C13H18N6/c1-3-10-4-6-11(7-5-10)17-13(14)15-8-12-18-16-9-19(12)2/h4-7,9H,3,8H2,1-2H3,(H3,14,15,17). The third kappa shape index (κ3) is 3.54. The summed E-state index contributed by atoms with van der Waals surface area (Å²) >= 11 is 0. The fourth-order valence-electron chi connectivity index (χ4n) is 1.62. The summed E-state index contributed by atoms with van der Waals surface area (Å²) in [6.45, 7) is 2.53. The highest BCUT2D eigenvalue weighted by Gasteiger charge is 2.00. The lowest BCUT2D eigenvalue weighted by Crippen LogP contribution is -2.22. The topological polar surface area (TPSA) is 81.1 Å². The summed E-state index contributed by atoms with van der Waals surface area (Å²) < 4.78 is 1.81. The van der Waals surface area contributed by atoms with Crippen LogP contribution in [-0.4, -0.2) is 20.7 Å². The molecule has 0 unspecified atom stereocenters. The van der Waals surface area contributed by atoms with Crippen LogP contribution in [0.15, 0.2) is 35.6 Å².